The van der Waals surface area contributed by atoms with Gasteiger partial charge in [0.1, 0.15) is 5.82 Å². The molecule has 1 saturated carbocycles. The number of amides is 2. The highest BCUT2D eigenvalue weighted by Crippen LogP contribution is 2.23. The van der Waals surface area contributed by atoms with Gasteiger partial charge < -0.3 is 0 Å². The third-order valence-corrected chi connectivity index (χ3v) is 4.01. The summed E-state index contributed by atoms with van der Waals surface area (Å²) < 4.78 is 12.8. The Morgan fingerprint density at radius 1 is 1.08 bits per heavy atom. The third kappa shape index (κ3) is 6.08. The van der Waals surface area contributed by atoms with Crippen LogP contribution in [-0.2, 0) is 9.59 Å². The minimum Gasteiger partial charge on any atom is -0.298 e. The number of rotatable bonds is 3. The molecule has 0 heterocycles. The number of benzene rings is 1. The maximum absolute atomic E-state index is 12.8. The first-order valence-electron chi connectivity index (χ1n) is 7.89. The Bertz CT molecular complexity index is 625. The van der Waals surface area contributed by atoms with Gasteiger partial charge in [-0.3, -0.25) is 25.8 Å². The lowest BCUT2D eigenvalue weighted by Gasteiger charge is -2.21. The van der Waals surface area contributed by atoms with Crippen LogP contribution >= 0.6 is 12.2 Å². The van der Waals surface area contributed by atoms with Gasteiger partial charge in [0.25, 0.3) is 0 Å². The molecule has 2 rings (SSSR count). The number of thiocarbonyl (C=S) groups is 1. The first-order chi connectivity index (χ1) is 11.5. The summed E-state index contributed by atoms with van der Waals surface area (Å²) in [5.41, 5.74) is 5.75. The quantitative estimate of drug-likeness (QED) is 0.445. The van der Waals surface area contributed by atoms with Crippen LogP contribution in [-0.4, -0.2) is 16.9 Å². The molecule has 2 amide bonds. The molecule has 0 unspecified atom stereocenters. The van der Waals surface area contributed by atoms with Crippen LogP contribution in [0.15, 0.2) is 30.3 Å². The van der Waals surface area contributed by atoms with Crippen molar-refractivity contribution in [1.29, 1.82) is 0 Å². The number of hydrogen-bond donors (Lipinski definition) is 3. The third-order valence-electron chi connectivity index (χ3n) is 3.81. The van der Waals surface area contributed by atoms with Gasteiger partial charge in [-0.25, -0.2) is 4.39 Å². The molecule has 7 heteroatoms. The molecule has 1 aromatic carbocycles. The molecule has 24 heavy (non-hydrogen) atoms. The highest BCUT2D eigenvalue weighted by atomic mass is 32.1. The first kappa shape index (κ1) is 18.1. The molecule has 1 fully saturated rings. The molecule has 0 bridgehead atoms. The molecule has 128 valence electrons. The van der Waals surface area contributed by atoms with Crippen molar-refractivity contribution in [3.63, 3.8) is 0 Å². The molecule has 0 atom stereocenters. The standard InChI is InChI=1S/C17H20FN3O2S/c18-14-9-6-12(7-10-14)8-11-15(22)19-17(24)21-20-16(23)13-4-2-1-3-5-13/h6-11,13H,1-5H2,(H,20,23)(H2,19,21,22,24)/b11-8+. The highest BCUT2D eigenvalue weighted by molar-refractivity contribution is 7.80. The van der Waals surface area contributed by atoms with Crippen LogP contribution < -0.4 is 16.2 Å². The Hall–Kier alpha value is -2.28. The lowest BCUT2D eigenvalue weighted by molar-refractivity contribution is -0.126. The highest BCUT2D eigenvalue weighted by Gasteiger charge is 2.20. The van der Waals surface area contributed by atoms with E-state index in [0.717, 1.165) is 25.7 Å². The van der Waals surface area contributed by atoms with Gasteiger partial charge in [0, 0.05) is 12.0 Å². The largest absolute Gasteiger partial charge is 0.298 e. The minimum atomic E-state index is -0.441. The summed E-state index contributed by atoms with van der Waals surface area (Å²) in [5, 5.41) is 2.45. The molecule has 1 aliphatic carbocycles. The predicted molar refractivity (Wildman–Crippen MR) is 94.0 cm³/mol. The van der Waals surface area contributed by atoms with Gasteiger partial charge in [0.15, 0.2) is 5.11 Å². The first-order valence-corrected chi connectivity index (χ1v) is 8.30. The van der Waals surface area contributed by atoms with Crippen molar-refractivity contribution in [2.75, 3.05) is 0 Å². The average Bonchev–Trinajstić information content (AvgIpc) is 2.60. The number of carbonyl (C=O) groups is 2. The van der Waals surface area contributed by atoms with Gasteiger partial charge in [-0.15, -0.1) is 0 Å². The smallest absolute Gasteiger partial charge is 0.250 e. The van der Waals surface area contributed by atoms with Crippen molar-refractivity contribution >= 4 is 35.2 Å². The van der Waals surface area contributed by atoms with Crippen LogP contribution in [0.25, 0.3) is 6.08 Å². The second-order valence-electron chi connectivity index (χ2n) is 5.65. The van der Waals surface area contributed by atoms with Crippen LogP contribution in [0.4, 0.5) is 4.39 Å². The monoisotopic (exact) mass is 349 g/mol. The molecular weight excluding hydrogens is 329 g/mol. The molecule has 1 aliphatic rings. The second kappa shape index (κ2) is 9.12. The maximum Gasteiger partial charge on any atom is 0.250 e. The molecule has 3 N–H and O–H groups in total. The van der Waals surface area contributed by atoms with E-state index >= 15 is 0 Å². The molecule has 0 aliphatic heterocycles. The topological polar surface area (TPSA) is 70.2 Å². The number of nitrogens with one attached hydrogen (secondary N) is 3. The van der Waals surface area contributed by atoms with Crippen molar-refractivity contribution in [3.8, 4) is 0 Å². The number of hydrazine groups is 1. The lowest BCUT2D eigenvalue weighted by atomic mass is 9.89. The van der Waals surface area contributed by atoms with Crippen LogP contribution in [0.3, 0.4) is 0 Å². The summed E-state index contributed by atoms with van der Waals surface area (Å²) in [5.74, 6) is -0.879. The van der Waals surface area contributed by atoms with E-state index in [1.165, 1.54) is 30.7 Å². The van der Waals surface area contributed by atoms with Crippen molar-refractivity contribution < 1.29 is 14.0 Å². The molecule has 0 spiro atoms. The number of halogens is 1. The van der Waals surface area contributed by atoms with E-state index in [-0.39, 0.29) is 22.8 Å². The molecular formula is C17H20FN3O2S. The lowest BCUT2D eigenvalue weighted by Crippen LogP contribution is -2.50. The van der Waals surface area contributed by atoms with Gasteiger partial charge in [0.05, 0.1) is 0 Å². The Kier molecular flexibility index (Phi) is 6.87. The zero-order valence-electron chi connectivity index (χ0n) is 13.2. The summed E-state index contributed by atoms with van der Waals surface area (Å²) in [7, 11) is 0. The second-order valence-corrected chi connectivity index (χ2v) is 6.06. The normalized spacial score (nSPS) is 15.0. The van der Waals surface area contributed by atoms with Crippen LogP contribution in [0.5, 0.6) is 0 Å². The van der Waals surface area contributed by atoms with Crippen LogP contribution in [0, 0.1) is 11.7 Å². The summed E-state index contributed by atoms with van der Waals surface area (Å²) in [6.45, 7) is 0. The Morgan fingerprint density at radius 2 is 1.75 bits per heavy atom. The number of hydrogen-bond acceptors (Lipinski definition) is 3. The maximum atomic E-state index is 12.8. The summed E-state index contributed by atoms with van der Waals surface area (Å²) >= 11 is 4.96. The Morgan fingerprint density at radius 3 is 2.42 bits per heavy atom. The zero-order valence-corrected chi connectivity index (χ0v) is 14.0. The van der Waals surface area contributed by atoms with E-state index in [2.05, 4.69) is 16.2 Å². The molecule has 5 nitrogen and oxygen atoms in total. The molecule has 0 saturated heterocycles. The summed E-state index contributed by atoms with van der Waals surface area (Å²) in [6.07, 6.45) is 7.88. The van der Waals surface area contributed by atoms with Crippen LogP contribution in [0.2, 0.25) is 0 Å². The Labute approximate surface area is 145 Å². The fourth-order valence-corrected chi connectivity index (χ4v) is 2.67. The van der Waals surface area contributed by atoms with E-state index in [1.54, 1.807) is 12.1 Å². The molecule has 0 radical (unpaired) electrons. The van der Waals surface area contributed by atoms with Crippen molar-refractivity contribution in [1.82, 2.24) is 16.2 Å². The van der Waals surface area contributed by atoms with E-state index in [1.807, 2.05) is 0 Å². The van der Waals surface area contributed by atoms with Crippen molar-refractivity contribution in [2.24, 2.45) is 5.92 Å². The van der Waals surface area contributed by atoms with Gasteiger partial charge in [-0.1, -0.05) is 31.4 Å². The minimum absolute atomic E-state index is 0.00289. The van der Waals surface area contributed by atoms with E-state index in [9.17, 15) is 14.0 Å². The average molecular weight is 349 g/mol. The number of carbonyl (C=O) groups excluding carboxylic acids is 2. The van der Waals surface area contributed by atoms with Crippen LogP contribution in [0.1, 0.15) is 37.7 Å². The van der Waals surface area contributed by atoms with Gasteiger partial charge >= 0.3 is 0 Å². The molecule has 1 aromatic rings. The summed E-state index contributed by atoms with van der Waals surface area (Å²) in [4.78, 5) is 23.7. The van der Waals surface area contributed by atoms with Crippen molar-refractivity contribution in [3.05, 3.63) is 41.7 Å². The van der Waals surface area contributed by atoms with Gasteiger partial charge in [0.2, 0.25) is 11.8 Å². The van der Waals surface area contributed by atoms with Crippen molar-refractivity contribution in [2.45, 2.75) is 32.1 Å². The molecule has 0 aromatic heterocycles. The summed E-state index contributed by atoms with van der Waals surface area (Å²) in [6, 6.07) is 5.73. The van der Waals surface area contributed by atoms with E-state index in [4.69, 9.17) is 12.2 Å². The SMILES string of the molecule is O=C(/C=C/c1ccc(F)cc1)NC(=S)NNC(=O)C1CCCCC1. The fraction of sp³-hybridized carbons (Fsp3) is 0.353. The van der Waals surface area contributed by atoms with Gasteiger partial charge in [-0.2, -0.15) is 0 Å². The van der Waals surface area contributed by atoms with Gasteiger partial charge in [-0.05, 0) is 48.8 Å². The Balaban J connectivity index is 1.72. The zero-order chi connectivity index (χ0) is 17.4. The fourth-order valence-electron chi connectivity index (χ4n) is 2.52. The predicted octanol–water partition coefficient (Wildman–Crippen LogP) is 2.44. The van der Waals surface area contributed by atoms with E-state index in [0.29, 0.717) is 5.56 Å². The van der Waals surface area contributed by atoms with E-state index < -0.39 is 5.91 Å².